The van der Waals surface area contributed by atoms with Crippen molar-refractivity contribution >= 4 is 59.6 Å². The Morgan fingerprint density at radius 1 is 0.519 bits per heavy atom. The summed E-state index contributed by atoms with van der Waals surface area (Å²) in [7, 11) is -1.98. The zero-order chi connectivity index (χ0) is 56.6. The molecule has 8 rings (SSSR count). The SMILES string of the molecule is CC(=O)O.CC1(C)OB(c2ccc(CBr)cc2)OC1(C)C.CC1(C)OB(c2ccc(COCc3ccccc3)cc2)OC1(C)C.N.OB(O)c1ccc(COCc2ccccc2)cc1.OCc1ccccc1.[H-].[Na+].[Na+].[O-][I+3]([O-])([O-])[O-]. The van der Waals surface area contributed by atoms with Crippen LogP contribution in [-0.4, -0.2) is 70.0 Å². The molecule has 2 aliphatic heterocycles. The number of rotatable bonds is 13. The molecule has 0 bridgehead atoms. The third kappa shape index (κ3) is 29.6. The Bertz CT molecular complexity index is 2530. The molecule has 6 aromatic rings. The fourth-order valence-electron chi connectivity index (χ4n) is 6.58. The van der Waals surface area contributed by atoms with Crippen LogP contribution in [0.1, 0.15) is 97.1 Å². The van der Waals surface area contributed by atoms with Crippen LogP contribution < -0.4 is 115 Å². The molecule has 2 heterocycles. The van der Waals surface area contributed by atoms with Gasteiger partial charge in [-0.05, 0) is 105 Å². The summed E-state index contributed by atoms with van der Waals surface area (Å²) in [6.07, 6.45) is 0. The monoisotopic (exact) mass is 1290 g/mol. The average molecular weight is 1290 g/mol. The van der Waals surface area contributed by atoms with Crippen LogP contribution in [0.5, 0.6) is 0 Å². The van der Waals surface area contributed by atoms with Crippen molar-refractivity contribution in [3.8, 4) is 0 Å². The van der Waals surface area contributed by atoms with Crippen molar-refractivity contribution < 1.29 is 148 Å². The Morgan fingerprint density at radius 2 is 0.759 bits per heavy atom. The molecule has 0 saturated carbocycles. The van der Waals surface area contributed by atoms with E-state index in [1.165, 1.54) is 11.1 Å². The summed E-state index contributed by atoms with van der Waals surface area (Å²) in [5, 5.41) is 34.8. The van der Waals surface area contributed by atoms with Crippen molar-refractivity contribution in [2.45, 2.75) is 123 Å². The summed E-state index contributed by atoms with van der Waals surface area (Å²) in [4.78, 5) is 9.00. The quantitative estimate of drug-likeness (QED) is 0.0414. The second-order valence-corrected chi connectivity index (χ2v) is 22.1. The Balaban J connectivity index is 0. The average Bonchev–Trinajstić information content (AvgIpc) is 3.74. The van der Waals surface area contributed by atoms with Gasteiger partial charge in [0, 0.05) is 12.3 Å². The van der Waals surface area contributed by atoms with Gasteiger partial charge in [-0.3, -0.25) is 18.5 Å². The minimum Gasteiger partial charge on any atom is -1.00 e. The maximum Gasteiger partial charge on any atom is 1.00 e. The van der Waals surface area contributed by atoms with Crippen LogP contribution >= 0.6 is 15.9 Å². The summed E-state index contributed by atoms with van der Waals surface area (Å²) in [5.41, 5.74) is 8.14. The molecule has 0 aromatic heterocycles. The summed E-state index contributed by atoms with van der Waals surface area (Å²) >= 11 is -2.50. The van der Waals surface area contributed by atoms with Gasteiger partial charge < -0.3 is 55.9 Å². The summed E-state index contributed by atoms with van der Waals surface area (Å²) in [6, 6.07) is 53.3. The summed E-state index contributed by atoms with van der Waals surface area (Å²) in [6.45, 7) is 20.1. The molecule has 0 unspecified atom stereocenters. The van der Waals surface area contributed by atoms with Crippen LogP contribution in [0.25, 0.3) is 0 Å². The van der Waals surface area contributed by atoms with Crippen LogP contribution in [0.15, 0.2) is 164 Å². The predicted molar refractivity (Wildman–Crippen MR) is 295 cm³/mol. The van der Waals surface area contributed by atoms with E-state index >= 15 is 0 Å². The molecule has 2 fully saturated rings. The largest absolute Gasteiger partial charge is 1.00 e. The number of aliphatic hydroxyl groups excluding tert-OH is 1. The Kier molecular flexibility index (Phi) is 36.6. The Labute approximate surface area is 528 Å². The minimum absolute atomic E-state index is 0. The number of aliphatic hydroxyl groups is 1. The maximum atomic E-state index is 9.00. The topological polar surface area (TPSA) is 281 Å². The number of carboxylic acid groups (broad SMARTS) is 1. The molecule has 0 radical (unpaired) electrons. The smallest absolute Gasteiger partial charge is 1.00 e. The molecule has 418 valence electrons. The van der Waals surface area contributed by atoms with Crippen LogP contribution in [-0.2, 0) is 71.3 Å². The van der Waals surface area contributed by atoms with Gasteiger partial charge in [0.25, 0.3) is 5.97 Å². The molecule has 0 amide bonds. The number of alkyl halides is 1. The first-order valence-corrected chi connectivity index (χ1v) is 28.9. The number of halogens is 2. The number of ether oxygens (including phenoxy) is 2. The summed E-state index contributed by atoms with van der Waals surface area (Å²) in [5.74, 6) is -0.833. The van der Waals surface area contributed by atoms with Gasteiger partial charge in [-0.2, -0.15) is 0 Å². The number of aliphatic carboxylic acids is 1. The van der Waals surface area contributed by atoms with E-state index in [2.05, 4.69) is 132 Å². The number of benzene rings is 6. The fourth-order valence-corrected chi connectivity index (χ4v) is 6.96. The van der Waals surface area contributed by atoms with E-state index in [0.29, 0.717) is 31.9 Å². The van der Waals surface area contributed by atoms with E-state index in [4.69, 9.17) is 66.9 Å². The summed E-state index contributed by atoms with van der Waals surface area (Å²) < 4.78 is 70.0. The number of carboxylic acids is 1. The van der Waals surface area contributed by atoms with E-state index in [0.717, 1.165) is 45.4 Å². The van der Waals surface area contributed by atoms with Crippen molar-refractivity contribution in [3.63, 3.8) is 0 Å². The first kappa shape index (κ1) is 76.6. The number of carbonyl (C=O) groups is 1. The number of hydrogen-bond donors (Lipinski definition) is 5. The molecule has 0 spiro atoms. The predicted octanol–water partition coefficient (Wildman–Crippen LogP) is -4.53. The van der Waals surface area contributed by atoms with Crippen molar-refractivity contribution in [2.75, 3.05) is 0 Å². The molecule has 79 heavy (non-hydrogen) atoms. The van der Waals surface area contributed by atoms with Gasteiger partial charge in [-0.1, -0.05) is 180 Å². The van der Waals surface area contributed by atoms with Crippen molar-refractivity contribution in [1.29, 1.82) is 0 Å². The third-order valence-electron chi connectivity index (χ3n) is 12.2. The zero-order valence-electron chi connectivity index (χ0n) is 48.3. The van der Waals surface area contributed by atoms with Crippen LogP contribution in [0.3, 0.4) is 0 Å². The second-order valence-electron chi connectivity index (χ2n) is 19.4. The number of hydrogen-bond acceptors (Lipinski definition) is 15. The van der Waals surface area contributed by atoms with Gasteiger partial charge in [0.05, 0.1) is 55.4 Å². The van der Waals surface area contributed by atoms with Crippen LogP contribution in [0.2, 0.25) is 0 Å². The van der Waals surface area contributed by atoms with E-state index in [-0.39, 0.29) is 110 Å². The van der Waals surface area contributed by atoms with E-state index < -0.39 is 33.2 Å². The van der Waals surface area contributed by atoms with Gasteiger partial charge >= 0.3 is 80.5 Å². The molecule has 7 N–H and O–H groups in total. The molecule has 2 saturated heterocycles. The van der Waals surface area contributed by atoms with Gasteiger partial charge in [0.2, 0.25) is 0 Å². The fraction of sp³-hybridized carbons (Fsp3) is 0.339. The molecule has 16 nitrogen and oxygen atoms in total. The maximum absolute atomic E-state index is 9.00. The normalized spacial score (nSPS) is 14.7. The van der Waals surface area contributed by atoms with Gasteiger partial charge in [-0.15, -0.1) is 0 Å². The second kappa shape index (κ2) is 37.8. The molecular formula is C56H74B3BrINNa2O15. The molecule has 0 atom stereocenters. The van der Waals surface area contributed by atoms with Crippen molar-refractivity contribution in [1.82, 2.24) is 6.15 Å². The molecular weight excluding hydrogens is 1210 g/mol. The zero-order valence-corrected chi connectivity index (χ0v) is 55.0. The molecule has 6 aromatic carbocycles. The van der Waals surface area contributed by atoms with E-state index in [1.807, 2.05) is 91.0 Å². The van der Waals surface area contributed by atoms with Crippen molar-refractivity contribution in [3.05, 3.63) is 197 Å². The molecule has 23 heteroatoms. The van der Waals surface area contributed by atoms with Gasteiger partial charge in [-0.25, -0.2) is 0 Å². The minimum atomic E-state index is -5.94. The first-order chi connectivity index (χ1) is 35.6. The standard InChI is InChI=1S/C20H25BO3.C14H15BO3.C13H18BBrO2.C7H8O.C2H4O2.IO4.H3N.2Na.H/c1-19(2)20(3,4)24-21(23-19)18-12-10-17(11-13-18)15-22-14-16-8-6-5-7-9-16;16-15(17)14-8-6-13(7-9-14)11-18-10-12-4-2-1-3-5-12;1-12(2)13(3,4)17-14(16-12)11-7-5-10(9-15)6-8-11;8-6-7-4-2-1-3-5-7;1-2(3)4;2-1(3,4)5;;;;/h5-13H,14-15H2,1-4H3;1-9,16-17H,10-11H2;5-8H,9H2,1-4H3;1-5,8H,6H2;1H3,(H,3,4);;1H3;;;/q;;;;;-1;;2*+1;-1. The van der Waals surface area contributed by atoms with Crippen LogP contribution in [0.4, 0.5) is 0 Å². The van der Waals surface area contributed by atoms with Gasteiger partial charge in [0.1, 0.15) is 20.1 Å². The Morgan fingerprint density at radius 3 is 1.00 bits per heavy atom. The van der Waals surface area contributed by atoms with E-state index in [1.54, 1.807) is 12.1 Å². The van der Waals surface area contributed by atoms with Gasteiger partial charge in [0.15, 0.2) is 0 Å². The molecule has 0 aliphatic carbocycles. The Hall–Kier alpha value is -2.37. The van der Waals surface area contributed by atoms with Crippen molar-refractivity contribution in [2.24, 2.45) is 0 Å². The van der Waals surface area contributed by atoms with Crippen LogP contribution in [0, 0.1) is 0 Å². The first-order valence-electron chi connectivity index (χ1n) is 24.2. The van der Waals surface area contributed by atoms with E-state index in [9.17, 15) is 0 Å². The molecule has 2 aliphatic rings. The third-order valence-corrected chi connectivity index (χ3v) is 12.9.